The van der Waals surface area contributed by atoms with Crippen molar-refractivity contribution in [2.45, 2.75) is 136 Å². The lowest BCUT2D eigenvalue weighted by molar-refractivity contribution is -0.161. The van der Waals surface area contributed by atoms with Gasteiger partial charge in [0.05, 0.1) is 13.2 Å². The number of carbonyl (C=O) groups excluding carboxylic acids is 2. The van der Waals surface area contributed by atoms with Crippen molar-refractivity contribution in [1.82, 2.24) is 0 Å². The van der Waals surface area contributed by atoms with Gasteiger partial charge in [-0.25, -0.2) is 4.57 Å². The highest BCUT2D eigenvalue weighted by Crippen LogP contribution is 2.43. The predicted octanol–water partition coefficient (Wildman–Crippen LogP) is 11.0. The first-order valence-corrected chi connectivity index (χ1v) is 21.2. The van der Waals surface area contributed by atoms with E-state index in [0.717, 1.165) is 64.2 Å². The van der Waals surface area contributed by atoms with Crippen LogP contribution in [0.4, 0.5) is 0 Å². The second kappa shape index (κ2) is 38.6. The number of unbranched alkanes of at least 4 members (excludes halogenated alkanes) is 6. The van der Waals surface area contributed by atoms with Crippen LogP contribution in [0.15, 0.2) is 97.2 Å². The van der Waals surface area contributed by atoms with Crippen molar-refractivity contribution in [3.05, 3.63) is 97.2 Å². The zero-order valence-electron chi connectivity index (χ0n) is 32.7. The molecule has 53 heavy (non-hydrogen) atoms. The van der Waals surface area contributed by atoms with Gasteiger partial charge in [0.15, 0.2) is 6.10 Å². The van der Waals surface area contributed by atoms with Crippen molar-refractivity contribution in [3.63, 3.8) is 0 Å². The summed E-state index contributed by atoms with van der Waals surface area (Å²) in [4.78, 5) is 34.7. The molecule has 2 atom stereocenters. The third kappa shape index (κ3) is 38.5. The molecule has 0 aliphatic heterocycles. The Morgan fingerprint density at radius 1 is 0.585 bits per heavy atom. The van der Waals surface area contributed by atoms with Gasteiger partial charge in [-0.1, -0.05) is 124 Å². The number of rotatable bonds is 35. The standard InChI is InChI=1S/C43H70NO8P/c1-3-5-7-9-11-13-15-17-19-20-22-24-26-28-30-32-34-36-43(46)52-41(40-51-53(47,48)50-38-37-44)39-49-42(45)35-33-31-29-27-25-23-21-18-16-14-12-10-8-6-4-2/h6,8,11-14,17-19,21-22,24-25,27-28,30,41H,3-5,7,9-10,15-16,20,23,26,29,31-40,44H2,1-2H3,(H,47,48)/b8-6+,13-11+,14-12+,19-17+,21-18+,24-22+,27-25+,30-28+/t41-/m1/s1. The molecule has 0 aliphatic carbocycles. The molecule has 0 aromatic carbocycles. The second-order valence-electron chi connectivity index (χ2n) is 12.4. The summed E-state index contributed by atoms with van der Waals surface area (Å²) in [6, 6.07) is 0. The summed E-state index contributed by atoms with van der Waals surface area (Å²) >= 11 is 0. The molecule has 300 valence electrons. The molecule has 1 unspecified atom stereocenters. The molecule has 0 amide bonds. The van der Waals surface area contributed by atoms with Crippen LogP contribution in [0.1, 0.15) is 129 Å². The molecule has 0 saturated heterocycles. The molecule has 0 rings (SSSR count). The Bertz CT molecular complexity index is 1180. The Morgan fingerprint density at radius 3 is 1.53 bits per heavy atom. The first-order chi connectivity index (χ1) is 25.8. The van der Waals surface area contributed by atoms with E-state index in [9.17, 15) is 19.0 Å². The van der Waals surface area contributed by atoms with Gasteiger partial charge in [-0.15, -0.1) is 0 Å². The SMILES string of the molecule is CC/C=C/C/C=C/C/C=C/C/C=C/CCCCC(=O)OC[C@H](COP(=O)(O)OCCN)OC(=O)CCC/C=C/C/C=C/C/C=C/C/C=C/CCCCC. The predicted molar refractivity (Wildman–Crippen MR) is 219 cm³/mol. The van der Waals surface area contributed by atoms with E-state index in [1.54, 1.807) is 0 Å². The molecule has 10 heteroatoms. The number of ether oxygens (including phenoxy) is 2. The zero-order valence-corrected chi connectivity index (χ0v) is 33.6. The second-order valence-corrected chi connectivity index (χ2v) is 13.9. The first kappa shape index (κ1) is 49.9. The number of phosphoric acid groups is 1. The van der Waals surface area contributed by atoms with Gasteiger partial charge in [-0.3, -0.25) is 18.6 Å². The van der Waals surface area contributed by atoms with Crippen LogP contribution in [0.5, 0.6) is 0 Å². The van der Waals surface area contributed by atoms with Crippen molar-refractivity contribution < 1.29 is 37.6 Å². The lowest BCUT2D eigenvalue weighted by atomic mass is 10.2. The summed E-state index contributed by atoms with van der Waals surface area (Å²) < 4.78 is 32.6. The average molecular weight is 760 g/mol. The van der Waals surface area contributed by atoms with Gasteiger partial charge in [0, 0.05) is 19.4 Å². The highest BCUT2D eigenvalue weighted by atomic mass is 31.2. The fourth-order valence-electron chi connectivity index (χ4n) is 4.56. The Hall–Kier alpha value is -3.07. The fourth-order valence-corrected chi connectivity index (χ4v) is 5.32. The summed E-state index contributed by atoms with van der Waals surface area (Å²) in [7, 11) is -4.40. The van der Waals surface area contributed by atoms with Crippen molar-refractivity contribution >= 4 is 19.8 Å². The van der Waals surface area contributed by atoms with Crippen molar-refractivity contribution in [2.75, 3.05) is 26.4 Å². The maximum atomic E-state index is 12.5. The monoisotopic (exact) mass is 759 g/mol. The van der Waals surface area contributed by atoms with Gasteiger partial charge in [-0.05, 0) is 89.9 Å². The van der Waals surface area contributed by atoms with E-state index in [-0.39, 0.29) is 32.6 Å². The molecule has 0 aromatic heterocycles. The Morgan fingerprint density at radius 2 is 1.04 bits per heavy atom. The van der Waals surface area contributed by atoms with E-state index in [1.807, 2.05) is 6.08 Å². The molecular weight excluding hydrogens is 689 g/mol. The number of esters is 2. The number of phosphoric ester groups is 1. The van der Waals surface area contributed by atoms with Crippen molar-refractivity contribution in [3.8, 4) is 0 Å². The molecule has 0 saturated carbocycles. The van der Waals surface area contributed by atoms with E-state index >= 15 is 0 Å². The van der Waals surface area contributed by atoms with E-state index in [4.69, 9.17) is 24.3 Å². The Balaban J connectivity index is 4.41. The van der Waals surface area contributed by atoms with Crippen LogP contribution in [-0.4, -0.2) is 49.3 Å². The molecule has 0 radical (unpaired) electrons. The van der Waals surface area contributed by atoms with E-state index in [0.29, 0.717) is 19.3 Å². The highest BCUT2D eigenvalue weighted by molar-refractivity contribution is 7.47. The normalized spacial score (nSPS) is 14.4. The molecule has 0 fully saturated rings. The number of allylic oxidation sites excluding steroid dienone is 16. The van der Waals surface area contributed by atoms with Crippen LogP contribution >= 0.6 is 7.82 Å². The summed E-state index contributed by atoms with van der Waals surface area (Å²) in [6.07, 6.45) is 48.8. The van der Waals surface area contributed by atoms with Gasteiger partial charge in [0.2, 0.25) is 0 Å². The van der Waals surface area contributed by atoms with Crippen molar-refractivity contribution in [2.24, 2.45) is 5.73 Å². The third-order valence-electron chi connectivity index (χ3n) is 7.45. The molecule has 9 nitrogen and oxygen atoms in total. The van der Waals surface area contributed by atoms with Crippen LogP contribution in [0.2, 0.25) is 0 Å². The van der Waals surface area contributed by atoms with Crippen LogP contribution in [0.3, 0.4) is 0 Å². The van der Waals surface area contributed by atoms with Crippen LogP contribution in [0.25, 0.3) is 0 Å². The van der Waals surface area contributed by atoms with Gasteiger partial charge in [0.1, 0.15) is 6.61 Å². The molecule has 0 aromatic rings. The smallest absolute Gasteiger partial charge is 0.462 e. The minimum Gasteiger partial charge on any atom is -0.462 e. The minimum atomic E-state index is -4.40. The molecule has 0 heterocycles. The summed E-state index contributed by atoms with van der Waals surface area (Å²) in [5, 5.41) is 0. The maximum Gasteiger partial charge on any atom is 0.472 e. The number of hydrogen-bond donors (Lipinski definition) is 2. The van der Waals surface area contributed by atoms with Gasteiger partial charge < -0.3 is 20.1 Å². The Labute approximate surface area is 321 Å². The Kier molecular flexibility index (Phi) is 36.4. The van der Waals surface area contributed by atoms with Gasteiger partial charge in [0.25, 0.3) is 0 Å². The third-order valence-corrected chi connectivity index (χ3v) is 8.44. The molecule has 0 bridgehead atoms. The fraction of sp³-hybridized carbons (Fsp3) is 0.581. The van der Waals surface area contributed by atoms with Crippen LogP contribution in [0, 0.1) is 0 Å². The van der Waals surface area contributed by atoms with Gasteiger partial charge in [-0.2, -0.15) is 0 Å². The quantitative estimate of drug-likeness (QED) is 0.0280. The molecular formula is C43H70NO8P. The number of nitrogens with two attached hydrogens (primary N) is 1. The maximum absolute atomic E-state index is 12.5. The molecule has 3 N–H and O–H groups in total. The summed E-state index contributed by atoms with van der Waals surface area (Å²) in [5.74, 6) is -0.956. The van der Waals surface area contributed by atoms with Gasteiger partial charge >= 0.3 is 19.8 Å². The average Bonchev–Trinajstić information content (AvgIpc) is 3.14. The van der Waals surface area contributed by atoms with Crippen LogP contribution in [-0.2, 0) is 32.7 Å². The van der Waals surface area contributed by atoms with E-state index in [1.165, 1.54) is 19.3 Å². The largest absolute Gasteiger partial charge is 0.472 e. The highest BCUT2D eigenvalue weighted by Gasteiger charge is 2.25. The van der Waals surface area contributed by atoms with Crippen molar-refractivity contribution in [1.29, 1.82) is 0 Å². The number of carbonyl (C=O) groups is 2. The lowest BCUT2D eigenvalue weighted by Gasteiger charge is -2.19. The minimum absolute atomic E-state index is 0.0334. The first-order valence-electron chi connectivity index (χ1n) is 19.7. The van der Waals surface area contributed by atoms with E-state index in [2.05, 4.69) is 105 Å². The zero-order chi connectivity index (χ0) is 38.9. The van der Waals surface area contributed by atoms with Crippen LogP contribution < -0.4 is 5.73 Å². The number of hydrogen-bond acceptors (Lipinski definition) is 8. The summed E-state index contributed by atoms with van der Waals surface area (Å²) in [5.41, 5.74) is 5.33. The molecule has 0 aliphatic rings. The topological polar surface area (TPSA) is 134 Å². The molecule has 0 spiro atoms. The summed E-state index contributed by atoms with van der Waals surface area (Å²) in [6.45, 7) is 3.44. The van der Waals surface area contributed by atoms with E-state index < -0.39 is 32.5 Å². The lowest BCUT2D eigenvalue weighted by Crippen LogP contribution is -2.29.